The van der Waals surface area contributed by atoms with E-state index in [9.17, 15) is 0 Å². The predicted molar refractivity (Wildman–Crippen MR) is 64.1 cm³/mol. The minimum absolute atomic E-state index is 0.0681. The van der Waals surface area contributed by atoms with Gasteiger partial charge < -0.3 is 4.98 Å². The lowest BCUT2D eigenvalue weighted by atomic mass is 9.86. The molecule has 82 valence electrons. The Morgan fingerprint density at radius 1 is 1.38 bits per heavy atom. The Morgan fingerprint density at radius 2 is 2.12 bits per heavy atom. The van der Waals surface area contributed by atoms with Crippen LogP contribution in [0.1, 0.15) is 32.2 Å². The van der Waals surface area contributed by atoms with Crippen molar-refractivity contribution in [3.05, 3.63) is 29.6 Å². The van der Waals surface area contributed by atoms with E-state index in [1.807, 2.05) is 12.1 Å². The van der Waals surface area contributed by atoms with Gasteiger partial charge in [-0.25, -0.2) is 4.98 Å². The van der Waals surface area contributed by atoms with Gasteiger partial charge in [-0.1, -0.05) is 32.9 Å². The number of nitrogens with one attached hydrogen (secondary N) is 1. The molecule has 0 atom stereocenters. The highest BCUT2D eigenvalue weighted by atomic mass is 14.9. The molecule has 0 radical (unpaired) electrons. The number of para-hydroxylation sites is 1. The van der Waals surface area contributed by atoms with E-state index in [1.54, 1.807) is 0 Å². The summed E-state index contributed by atoms with van der Waals surface area (Å²) in [5.41, 5.74) is 3.28. The number of hydrogen-bond donors (Lipinski definition) is 1. The maximum absolute atomic E-state index is 8.66. The average Bonchev–Trinajstić information content (AvgIpc) is 2.58. The monoisotopic (exact) mass is 213 g/mol. The highest BCUT2D eigenvalue weighted by Crippen LogP contribution is 2.28. The first kappa shape index (κ1) is 10.7. The van der Waals surface area contributed by atoms with Crippen molar-refractivity contribution in [2.24, 2.45) is 0 Å². The molecule has 1 aromatic carbocycles. The third-order valence-electron chi connectivity index (χ3n) is 2.62. The number of imidazole rings is 1. The molecule has 0 unspecified atom stereocenters. The molecule has 0 spiro atoms. The van der Waals surface area contributed by atoms with Gasteiger partial charge in [0, 0.05) is 0 Å². The first-order valence-electron chi connectivity index (χ1n) is 5.37. The summed E-state index contributed by atoms with van der Waals surface area (Å²) in [5, 5.41) is 8.66. The zero-order valence-electron chi connectivity index (χ0n) is 9.83. The number of nitriles is 1. The quantitative estimate of drug-likeness (QED) is 0.791. The molecule has 2 aromatic rings. The Balaban J connectivity index is 2.64. The lowest BCUT2D eigenvalue weighted by Crippen LogP contribution is -2.11. The molecule has 0 aliphatic heterocycles. The van der Waals surface area contributed by atoms with Crippen LogP contribution in [0, 0.1) is 11.3 Å². The van der Waals surface area contributed by atoms with Crippen LogP contribution in [-0.2, 0) is 11.8 Å². The molecule has 1 heterocycles. The average molecular weight is 213 g/mol. The van der Waals surface area contributed by atoms with Gasteiger partial charge in [-0.2, -0.15) is 5.26 Å². The van der Waals surface area contributed by atoms with Gasteiger partial charge in [0.15, 0.2) is 0 Å². The summed E-state index contributed by atoms with van der Waals surface area (Å²) in [6.45, 7) is 6.50. The van der Waals surface area contributed by atoms with E-state index in [0.717, 1.165) is 16.9 Å². The minimum Gasteiger partial charge on any atom is -0.341 e. The molecule has 16 heavy (non-hydrogen) atoms. The zero-order valence-corrected chi connectivity index (χ0v) is 9.83. The van der Waals surface area contributed by atoms with Crippen molar-refractivity contribution in [3.8, 4) is 6.07 Å². The summed E-state index contributed by atoms with van der Waals surface area (Å²) in [7, 11) is 0. The molecule has 3 heteroatoms. The van der Waals surface area contributed by atoms with Gasteiger partial charge in [-0.3, -0.25) is 0 Å². The van der Waals surface area contributed by atoms with Crippen molar-refractivity contribution >= 4 is 11.0 Å². The molecule has 1 N–H and O–H groups in total. The second kappa shape index (κ2) is 3.64. The number of nitrogens with zero attached hydrogens (tertiary/aromatic N) is 2. The molecule has 1 aromatic heterocycles. The maximum atomic E-state index is 8.66. The van der Waals surface area contributed by atoms with Crippen LogP contribution in [0.15, 0.2) is 18.2 Å². The summed E-state index contributed by atoms with van der Waals surface area (Å²) >= 11 is 0. The molecule has 0 aliphatic carbocycles. The van der Waals surface area contributed by atoms with Crippen molar-refractivity contribution < 1.29 is 0 Å². The Morgan fingerprint density at radius 3 is 2.75 bits per heavy atom. The second-order valence-electron chi connectivity index (χ2n) is 4.97. The largest absolute Gasteiger partial charge is 0.341 e. The number of rotatable bonds is 1. The molecule has 0 bridgehead atoms. The molecular formula is C13H15N3. The van der Waals surface area contributed by atoms with Crippen LogP contribution in [0.5, 0.6) is 0 Å². The maximum Gasteiger partial charge on any atom is 0.121 e. The molecule has 0 amide bonds. The number of hydrogen-bond acceptors (Lipinski definition) is 2. The third kappa shape index (κ3) is 1.79. The van der Waals surface area contributed by atoms with Crippen molar-refractivity contribution in [1.29, 1.82) is 5.26 Å². The Bertz CT molecular complexity index is 553. The first-order valence-corrected chi connectivity index (χ1v) is 5.37. The zero-order chi connectivity index (χ0) is 11.8. The van der Waals surface area contributed by atoms with Gasteiger partial charge in [0.05, 0.1) is 23.5 Å². The highest BCUT2D eigenvalue weighted by molar-refractivity contribution is 5.80. The van der Waals surface area contributed by atoms with Gasteiger partial charge >= 0.3 is 0 Å². The van der Waals surface area contributed by atoms with Crippen LogP contribution in [0.4, 0.5) is 0 Å². The SMILES string of the molecule is CC(C)(C)c1cccc2[nH]c(CC#N)nc12. The smallest absolute Gasteiger partial charge is 0.121 e. The fourth-order valence-corrected chi connectivity index (χ4v) is 1.85. The van der Waals surface area contributed by atoms with Crippen molar-refractivity contribution in [3.63, 3.8) is 0 Å². The fourth-order valence-electron chi connectivity index (χ4n) is 1.85. The lowest BCUT2D eigenvalue weighted by Gasteiger charge is -2.19. The van der Waals surface area contributed by atoms with Crippen LogP contribution in [-0.4, -0.2) is 9.97 Å². The topological polar surface area (TPSA) is 52.5 Å². The van der Waals surface area contributed by atoms with Crippen LogP contribution in [0.25, 0.3) is 11.0 Å². The lowest BCUT2D eigenvalue weighted by molar-refractivity contribution is 0.595. The van der Waals surface area contributed by atoms with E-state index < -0.39 is 0 Å². The van der Waals surface area contributed by atoms with Crippen LogP contribution < -0.4 is 0 Å². The fraction of sp³-hybridized carbons (Fsp3) is 0.385. The van der Waals surface area contributed by atoms with Crippen LogP contribution >= 0.6 is 0 Å². The Kier molecular flexibility index (Phi) is 2.43. The second-order valence-corrected chi connectivity index (χ2v) is 4.97. The number of H-pyrrole nitrogens is 1. The minimum atomic E-state index is 0.0681. The third-order valence-corrected chi connectivity index (χ3v) is 2.62. The number of aromatic amines is 1. The van der Waals surface area contributed by atoms with E-state index in [1.165, 1.54) is 5.56 Å². The predicted octanol–water partition coefficient (Wildman–Crippen LogP) is 2.93. The summed E-state index contributed by atoms with van der Waals surface area (Å²) in [6, 6.07) is 8.23. The summed E-state index contributed by atoms with van der Waals surface area (Å²) in [6.07, 6.45) is 0.332. The molecule has 3 nitrogen and oxygen atoms in total. The molecule has 0 saturated heterocycles. The van der Waals surface area contributed by atoms with Crippen molar-refractivity contribution in [2.75, 3.05) is 0 Å². The van der Waals surface area contributed by atoms with Gasteiger partial charge in [0.1, 0.15) is 5.82 Å². The van der Waals surface area contributed by atoms with Gasteiger partial charge in [0.2, 0.25) is 0 Å². The number of fused-ring (bicyclic) bond motifs is 1. The van der Waals surface area contributed by atoms with E-state index >= 15 is 0 Å². The van der Waals surface area contributed by atoms with Crippen molar-refractivity contribution in [2.45, 2.75) is 32.6 Å². The van der Waals surface area contributed by atoms with Gasteiger partial charge in [-0.15, -0.1) is 0 Å². The van der Waals surface area contributed by atoms with Gasteiger partial charge in [0.25, 0.3) is 0 Å². The molecular weight excluding hydrogens is 198 g/mol. The summed E-state index contributed by atoms with van der Waals surface area (Å²) < 4.78 is 0. The molecule has 0 fully saturated rings. The summed E-state index contributed by atoms with van der Waals surface area (Å²) in [5.74, 6) is 0.745. The number of aromatic nitrogens is 2. The Hall–Kier alpha value is -1.82. The summed E-state index contributed by atoms with van der Waals surface area (Å²) in [4.78, 5) is 7.67. The van der Waals surface area contributed by atoms with Crippen LogP contribution in [0.3, 0.4) is 0 Å². The van der Waals surface area contributed by atoms with Crippen LogP contribution in [0.2, 0.25) is 0 Å². The van der Waals surface area contributed by atoms with E-state index in [0.29, 0.717) is 6.42 Å². The molecule has 0 aliphatic rings. The van der Waals surface area contributed by atoms with Crippen molar-refractivity contribution in [1.82, 2.24) is 9.97 Å². The standard InChI is InChI=1S/C13H15N3/c1-13(2,3)9-5-4-6-10-12(9)16-11(15-10)7-8-14/h4-6H,7H2,1-3H3,(H,15,16). The Labute approximate surface area is 95.1 Å². The molecule has 0 saturated carbocycles. The number of benzene rings is 1. The van der Waals surface area contributed by atoms with E-state index in [4.69, 9.17) is 5.26 Å². The molecule has 2 rings (SSSR count). The van der Waals surface area contributed by atoms with E-state index in [-0.39, 0.29) is 5.41 Å². The highest BCUT2D eigenvalue weighted by Gasteiger charge is 2.18. The normalized spacial score (nSPS) is 11.6. The van der Waals surface area contributed by atoms with Gasteiger partial charge in [-0.05, 0) is 17.0 Å². The van der Waals surface area contributed by atoms with E-state index in [2.05, 4.69) is 42.9 Å². The first-order chi connectivity index (χ1) is 7.52.